The van der Waals surface area contributed by atoms with Gasteiger partial charge in [0, 0.05) is 22.8 Å². The fourth-order valence-corrected chi connectivity index (χ4v) is 2.86. The van der Waals surface area contributed by atoms with Gasteiger partial charge in [-0.3, -0.25) is 9.59 Å². The number of carbonyl (C=O) groups is 1. The second-order valence-corrected chi connectivity index (χ2v) is 6.23. The van der Waals surface area contributed by atoms with Crippen molar-refractivity contribution < 1.29 is 4.79 Å². The van der Waals surface area contributed by atoms with Crippen LogP contribution >= 0.6 is 0 Å². The van der Waals surface area contributed by atoms with E-state index >= 15 is 0 Å². The molecular weight excluding hydrogens is 300 g/mol. The first kappa shape index (κ1) is 16.0. The van der Waals surface area contributed by atoms with E-state index in [2.05, 4.69) is 24.1 Å². The van der Waals surface area contributed by atoms with Crippen LogP contribution in [0.4, 0.5) is 5.69 Å². The van der Waals surface area contributed by atoms with E-state index < -0.39 is 5.91 Å². The first-order valence-corrected chi connectivity index (χ1v) is 8.00. The summed E-state index contributed by atoms with van der Waals surface area (Å²) < 4.78 is 0. The minimum Gasteiger partial charge on any atom is -0.360 e. The number of hydrogen-bond acceptors (Lipinski definition) is 2. The molecule has 0 aliphatic carbocycles. The van der Waals surface area contributed by atoms with E-state index in [-0.39, 0.29) is 16.9 Å². The SMILES string of the molecule is Cc1cccc(C(C)C)c1NC(=O)c1c[nH]c2ccccc2c1=O. The minimum absolute atomic E-state index is 0.117. The molecule has 0 bridgehead atoms. The lowest BCUT2D eigenvalue weighted by Crippen LogP contribution is -2.23. The van der Waals surface area contributed by atoms with Crippen molar-refractivity contribution in [2.75, 3.05) is 5.32 Å². The Labute approximate surface area is 140 Å². The van der Waals surface area contributed by atoms with Gasteiger partial charge in [-0.1, -0.05) is 44.2 Å². The Kier molecular flexibility index (Phi) is 4.21. The van der Waals surface area contributed by atoms with Crippen LogP contribution in [0.2, 0.25) is 0 Å². The van der Waals surface area contributed by atoms with E-state index in [1.807, 2.05) is 37.3 Å². The quantitative estimate of drug-likeness (QED) is 0.759. The molecule has 1 heterocycles. The molecule has 4 nitrogen and oxygen atoms in total. The van der Waals surface area contributed by atoms with E-state index in [4.69, 9.17) is 0 Å². The average molecular weight is 320 g/mol. The number of para-hydroxylation sites is 2. The van der Waals surface area contributed by atoms with Crippen molar-refractivity contribution in [2.45, 2.75) is 26.7 Å². The lowest BCUT2D eigenvalue weighted by Gasteiger charge is -2.16. The molecule has 0 radical (unpaired) electrons. The number of pyridine rings is 1. The zero-order valence-corrected chi connectivity index (χ0v) is 14.0. The minimum atomic E-state index is -0.391. The summed E-state index contributed by atoms with van der Waals surface area (Å²) in [6, 6.07) is 13.1. The molecule has 0 saturated heterocycles. The molecule has 122 valence electrons. The number of H-pyrrole nitrogens is 1. The Morgan fingerprint density at radius 3 is 2.58 bits per heavy atom. The second kappa shape index (κ2) is 6.32. The lowest BCUT2D eigenvalue weighted by atomic mass is 9.98. The van der Waals surface area contributed by atoms with Crippen LogP contribution in [0.5, 0.6) is 0 Å². The summed E-state index contributed by atoms with van der Waals surface area (Å²) in [7, 11) is 0. The van der Waals surface area contributed by atoms with Crippen LogP contribution in [-0.4, -0.2) is 10.9 Å². The monoisotopic (exact) mass is 320 g/mol. The number of carbonyl (C=O) groups excluding carboxylic acids is 1. The van der Waals surface area contributed by atoms with Crippen LogP contribution < -0.4 is 10.7 Å². The number of aryl methyl sites for hydroxylation is 1. The number of amides is 1. The van der Waals surface area contributed by atoms with Gasteiger partial charge in [-0.05, 0) is 36.1 Å². The molecule has 0 fully saturated rings. The standard InChI is InChI=1S/C20H20N2O2/c1-12(2)14-9-6-7-13(3)18(14)22-20(24)16-11-21-17-10-5-4-8-15(17)19(16)23/h4-12H,1-3H3,(H,21,23)(H,22,24). The molecule has 1 aromatic heterocycles. The molecule has 1 amide bonds. The van der Waals surface area contributed by atoms with Gasteiger partial charge >= 0.3 is 0 Å². The topological polar surface area (TPSA) is 62.0 Å². The molecule has 0 saturated carbocycles. The van der Waals surface area contributed by atoms with Crippen molar-refractivity contribution in [3.05, 3.63) is 75.6 Å². The predicted octanol–water partition coefficient (Wildman–Crippen LogP) is 4.21. The maximum Gasteiger partial charge on any atom is 0.261 e. The van der Waals surface area contributed by atoms with Crippen LogP contribution in [0.15, 0.2) is 53.5 Å². The third-order valence-corrected chi connectivity index (χ3v) is 4.20. The molecule has 3 aromatic rings. The molecule has 24 heavy (non-hydrogen) atoms. The van der Waals surface area contributed by atoms with Crippen LogP contribution in [-0.2, 0) is 0 Å². The van der Waals surface area contributed by atoms with Crippen molar-refractivity contribution in [1.29, 1.82) is 0 Å². The van der Waals surface area contributed by atoms with Crippen molar-refractivity contribution in [1.82, 2.24) is 4.98 Å². The maximum atomic E-state index is 12.7. The summed E-state index contributed by atoms with van der Waals surface area (Å²) >= 11 is 0. The zero-order chi connectivity index (χ0) is 17.3. The van der Waals surface area contributed by atoms with Gasteiger partial charge in [-0.2, -0.15) is 0 Å². The van der Waals surface area contributed by atoms with Gasteiger partial charge in [0.1, 0.15) is 5.56 Å². The number of benzene rings is 2. The number of anilines is 1. The van der Waals surface area contributed by atoms with Crippen LogP contribution in [0, 0.1) is 6.92 Å². The second-order valence-electron chi connectivity index (χ2n) is 6.23. The van der Waals surface area contributed by atoms with Gasteiger partial charge in [0.25, 0.3) is 5.91 Å². The van der Waals surface area contributed by atoms with Gasteiger partial charge in [0.15, 0.2) is 0 Å². The maximum absolute atomic E-state index is 12.7. The van der Waals surface area contributed by atoms with Crippen molar-refractivity contribution in [3.63, 3.8) is 0 Å². The number of rotatable bonds is 3. The van der Waals surface area contributed by atoms with Crippen LogP contribution in [0.3, 0.4) is 0 Å². The summed E-state index contributed by atoms with van der Waals surface area (Å²) in [6.45, 7) is 6.10. The predicted molar refractivity (Wildman–Crippen MR) is 97.8 cm³/mol. The molecule has 2 aromatic carbocycles. The van der Waals surface area contributed by atoms with Crippen molar-refractivity contribution in [2.24, 2.45) is 0 Å². The number of hydrogen-bond donors (Lipinski definition) is 2. The van der Waals surface area contributed by atoms with Gasteiger partial charge in [0.2, 0.25) is 5.43 Å². The third kappa shape index (κ3) is 2.83. The Morgan fingerprint density at radius 1 is 1.08 bits per heavy atom. The molecule has 0 unspecified atom stereocenters. The van der Waals surface area contributed by atoms with Gasteiger partial charge in [0.05, 0.1) is 0 Å². The molecular formula is C20H20N2O2. The zero-order valence-electron chi connectivity index (χ0n) is 14.0. The van der Waals surface area contributed by atoms with Gasteiger partial charge < -0.3 is 10.3 Å². The van der Waals surface area contributed by atoms with E-state index in [0.29, 0.717) is 5.39 Å². The Hall–Kier alpha value is -2.88. The van der Waals surface area contributed by atoms with Crippen LogP contribution in [0.25, 0.3) is 10.9 Å². The van der Waals surface area contributed by atoms with Gasteiger partial charge in [-0.25, -0.2) is 0 Å². The van der Waals surface area contributed by atoms with Crippen molar-refractivity contribution >= 4 is 22.5 Å². The highest BCUT2D eigenvalue weighted by atomic mass is 16.2. The molecule has 4 heteroatoms. The first-order chi connectivity index (χ1) is 11.5. The third-order valence-electron chi connectivity index (χ3n) is 4.20. The van der Waals surface area contributed by atoms with Crippen molar-refractivity contribution in [3.8, 4) is 0 Å². The lowest BCUT2D eigenvalue weighted by molar-refractivity contribution is 0.102. The normalized spacial score (nSPS) is 11.0. The Balaban J connectivity index is 2.03. The summed E-state index contributed by atoms with van der Waals surface area (Å²) in [5, 5.41) is 3.44. The molecule has 0 spiro atoms. The van der Waals surface area contributed by atoms with Crippen LogP contribution in [0.1, 0.15) is 41.3 Å². The molecule has 0 aliphatic rings. The largest absolute Gasteiger partial charge is 0.360 e. The smallest absolute Gasteiger partial charge is 0.261 e. The number of aromatic nitrogens is 1. The number of aromatic amines is 1. The summed E-state index contributed by atoms with van der Waals surface area (Å²) in [4.78, 5) is 28.3. The Bertz CT molecular complexity index is 971. The number of nitrogens with one attached hydrogen (secondary N) is 2. The number of fused-ring (bicyclic) bond motifs is 1. The highest BCUT2D eigenvalue weighted by Gasteiger charge is 2.16. The van der Waals surface area contributed by atoms with E-state index in [1.54, 1.807) is 12.1 Å². The molecule has 2 N–H and O–H groups in total. The highest BCUT2D eigenvalue weighted by molar-refractivity contribution is 6.06. The fourth-order valence-electron chi connectivity index (χ4n) is 2.86. The molecule has 3 rings (SSSR count). The van der Waals surface area contributed by atoms with E-state index in [9.17, 15) is 9.59 Å². The molecule has 0 aliphatic heterocycles. The average Bonchev–Trinajstić information content (AvgIpc) is 2.57. The summed E-state index contributed by atoms with van der Waals surface area (Å²) in [5.74, 6) is -0.117. The summed E-state index contributed by atoms with van der Waals surface area (Å²) in [5.41, 5.74) is 3.39. The highest BCUT2D eigenvalue weighted by Crippen LogP contribution is 2.27. The Morgan fingerprint density at radius 2 is 1.83 bits per heavy atom. The van der Waals surface area contributed by atoms with Gasteiger partial charge in [-0.15, -0.1) is 0 Å². The first-order valence-electron chi connectivity index (χ1n) is 8.00. The molecule has 0 atom stereocenters. The van der Waals surface area contributed by atoms with E-state index in [1.165, 1.54) is 6.20 Å². The van der Waals surface area contributed by atoms with E-state index in [0.717, 1.165) is 22.3 Å². The fraction of sp³-hybridized carbons (Fsp3) is 0.200. The summed E-state index contributed by atoms with van der Waals surface area (Å²) in [6.07, 6.45) is 1.48.